The number of nitrogens with one attached hydrogen (secondary N) is 1. The highest BCUT2D eigenvalue weighted by Crippen LogP contribution is 2.50. The number of rotatable bonds is 4. The van der Waals surface area contributed by atoms with Crippen LogP contribution in [0.3, 0.4) is 0 Å². The predicted molar refractivity (Wildman–Crippen MR) is 70.1 cm³/mol. The van der Waals surface area contributed by atoms with Crippen LogP contribution in [0.2, 0.25) is 10.0 Å². The van der Waals surface area contributed by atoms with Crippen LogP contribution in [0.15, 0.2) is 18.2 Å². The van der Waals surface area contributed by atoms with Crippen LogP contribution in [0, 0.1) is 11.3 Å². The van der Waals surface area contributed by atoms with Crippen LogP contribution in [0.1, 0.15) is 25.8 Å². The molecule has 1 saturated carbocycles. The van der Waals surface area contributed by atoms with Gasteiger partial charge in [-0.1, -0.05) is 37.0 Å². The lowest BCUT2D eigenvalue weighted by molar-refractivity contribution is 0.519. The minimum Gasteiger partial charge on any atom is -0.312 e. The molecule has 0 radical (unpaired) electrons. The van der Waals surface area contributed by atoms with E-state index >= 15 is 0 Å². The summed E-state index contributed by atoms with van der Waals surface area (Å²) in [6.07, 6.45) is 1.32. The Morgan fingerprint density at radius 3 is 2.69 bits per heavy atom. The van der Waals surface area contributed by atoms with E-state index in [0.717, 1.165) is 34.6 Å². The Bertz CT molecular complexity index is 388. The number of hydrogen-bond donors (Lipinski definition) is 1. The van der Waals surface area contributed by atoms with Crippen LogP contribution in [-0.4, -0.2) is 6.54 Å². The van der Waals surface area contributed by atoms with E-state index < -0.39 is 0 Å². The fourth-order valence-corrected chi connectivity index (χ4v) is 2.36. The Labute approximate surface area is 107 Å². The van der Waals surface area contributed by atoms with Crippen LogP contribution in [0.25, 0.3) is 0 Å². The van der Waals surface area contributed by atoms with E-state index in [1.165, 1.54) is 6.42 Å². The lowest BCUT2D eigenvalue weighted by Gasteiger charge is -2.08. The molecule has 88 valence electrons. The van der Waals surface area contributed by atoms with E-state index in [9.17, 15) is 0 Å². The molecule has 16 heavy (non-hydrogen) atoms. The lowest BCUT2D eigenvalue weighted by Crippen LogP contribution is -2.18. The van der Waals surface area contributed by atoms with Gasteiger partial charge in [-0.05, 0) is 48.1 Å². The molecule has 1 N–H and O–H groups in total. The first-order chi connectivity index (χ1) is 7.49. The van der Waals surface area contributed by atoms with Gasteiger partial charge >= 0.3 is 0 Å². The predicted octanol–water partition coefficient (Wildman–Crippen LogP) is 4.13. The maximum Gasteiger partial charge on any atom is 0.0451 e. The van der Waals surface area contributed by atoms with Crippen molar-refractivity contribution in [3.05, 3.63) is 33.8 Å². The third kappa shape index (κ3) is 2.91. The SMILES string of the molecule is CC1(C)CC1CNCc1cc(Cl)ccc1Cl. The molecule has 1 nitrogen and oxygen atoms in total. The lowest BCUT2D eigenvalue weighted by atomic mass is 10.1. The summed E-state index contributed by atoms with van der Waals surface area (Å²) in [6, 6.07) is 5.59. The molecule has 1 aliphatic carbocycles. The fraction of sp³-hybridized carbons (Fsp3) is 0.538. The normalized spacial score (nSPS) is 22.1. The average Bonchev–Trinajstić information content (AvgIpc) is 2.80. The molecule has 1 fully saturated rings. The molecule has 1 aromatic rings. The van der Waals surface area contributed by atoms with Crippen molar-refractivity contribution in [3.8, 4) is 0 Å². The fourth-order valence-electron chi connectivity index (χ4n) is 1.98. The molecule has 0 bridgehead atoms. The zero-order valence-electron chi connectivity index (χ0n) is 9.69. The van der Waals surface area contributed by atoms with E-state index in [4.69, 9.17) is 23.2 Å². The van der Waals surface area contributed by atoms with Crippen molar-refractivity contribution >= 4 is 23.2 Å². The van der Waals surface area contributed by atoms with Gasteiger partial charge in [0.05, 0.1) is 0 Å². The molecule has 0 aromatic heterocycles. The van der Waals surface area contributed by atoms with Crippen molar-refractivity contribution < 1.29 is 0 Å². The van der Waals surface area contributed by atoms with Crippen molar-refractivity contribution in [1.82, 2.24) is 5.32 Å². The molecule has 0 aliphatic heterocycles. The van der Waals surface area contributed by atoms with Crippen molar-refractivity contribution in [3.63, 3.8) is 0 Å². The second-order valence-corrected chi connectivity index (χ2v) is 6.10. The van der Waals surface area contributed by atoms with Gasteiger partial charge in [0.15, 0.2) is 0 Å². The average molecular weight is 258 g/mol. The van der Waals surface area contributed by atoms with E-state index in [-0.39, 0.29) is 0 Å². The summed E-state index contributed by atoms with van der Waals surface area (Å²) in [6.45, 7) is 6.49. The van der Waals surface area contributed by atoms with Gasteiger partial charge in [0.25, 0.3) is 0 Å². The molecule has 0 amide bonds. The van der Waals surface area contributed by atoms with Crippen LogP contribution < -0.4 is 5.32 Å². The molecule has 1 aromatic carbocycles. The highest BCUT2D eigenvalue weighted by atomic mass is 35.5. The van der Waals surface area contributed by atoms with Crippen LogP contribution in [0.5, 0.6) is 0 Å². The summed E-state index contributed by atoms with van der Waals surface area (Å²) in [4.78, 5) is 0. The summed E-state index contributed by atoms with van der Waals surface area (Å²) in [7, 11) is 0. The van der Waals surface area contributed by atoms with E-state index in [1.54, 1.807) is 0 Å². The first kappa shape index (κ1) is 12.2. The number of hydrogen-bond acceptors (Lipinski definition) is 1. The third-order valence-corrected chi connectivity index (χ3v) is 4.04. The number of halogens is 2. The summed E-state index contributed by atoms with van der Waals surface area (Å²) in [5, 5.41) is 4.97. The van der Waals surface area contributed by atoms with Gasteiger partial charge in [0, 0.05) is 16.6 Å². The van der Waals surface area contributed by atoms with Crippen molar-refractivity contribution in [2.24, 2.45) is 11.3 Å². The Morgan fingerprint density at radius 2 is 2.06 bits per heavy atom. The van der Waals surface area contributed by atoms with E-state index in [0.29, 0.717) is 5.41 Å². The second-order valence-electron chi connectivity index (χ2n) is 5.26. The van der Waals surface area contributed by atoms with Crippen molar-refractivity contribution in [1.29, 1.82) is 0 Å². The second kappa shape index (κ2) is 4.56. The van der Waals surface area contributed by atoms with Gasteiger partial charge in [0.1, 0.15) is 0 Å². The van der Waals surface area contributed by atoms with Crippen LogP contribution >= 0.6 is 23.2 Å². The van der Waals surface area contributed by atoms with E-state index in [1.807, 2.05) is 18.2 Å². The molecule has 0 saturated heterocycles. The van der Waals surface area contributed by atoms with Crippen molar-refractivity contribution in [2.45, 2.75) is 26.8 Å². The van der Waals surface area contributed by atoms with Crippen LogP contribution in [0.4, 0.5) is 0 Å². The zero-order chi connectivity index (χ0) is 11.8. The minimum absolute atomic E-state index is 0.533. The van der Waals surface area contributed by atoms with Gasteiger partial charge < -0.3 is 5.32 Å². The third-order valence-electron chi connectivity index (χ3n) is 3.43. The largest absolute Gasteiger partial charge is 0.312 e. The Balaban J connectivity index is 1.83. The molecular formula is C13H17Cl2N. The van der Waals surface area contributed by atoms with Gasteiger partial charge in [-0.25, -0.2) is 0 Å². The quantitative estimate of drug-likeness (QED) is 0.856. The molecule has 3 heteroatoms. The van der Waals surface area contributed by atoms with Gasteiger partial charge in [-0.3, -0.25) is 0 Å². The molecule has 1 atom stereocenters. The topological polar surface area (TPSA) is 12.0 Å². The highest BCUT2D eigenvalue weighted by molar-refractivity contribution is 6.33. The smallest absolute Gasteiger partial charge is 0.0451 e. The molecule has 0 spiro atoms. The highest BCUT2D eigenvalue weighted by Gasteiger charge is 2.44. The Kier molecular flexibility index (Phi) is 3.48. The van der Waals surface area contributed by atoms with Gasteiger partial charge in [-0.2, -0.15) is 0 Å². The Hall–Kier alpha value is -0.240. The number of benzene rings is 1. The molecule has 1 unspecified atom stereocenters. The van der Waals surface area contributed by atoms with Gasteiger partial charge in [-0.15, -0.1) is 0 Å². The summed E-state index contributed by atoms with van der Waals surface area (Å²) in [5.74, 6) is 0.811. The first-order valence-electron chi connectivity index (χ1n) is 5.64. The zero-order valence-corrected chi connectivity index (χ0v) is 11.2. The maximum atomic E-state index is 6.08. The standard InChI is InChI=1S/C13H17Cl2N/c1-13(2)6-10(13)8-16-7-9-5-11(14)3-4-12(9)15/h3-5,10,16H,6-8H2,1-2H3. The molecular weight excluding hydrogens is 241 g/mol. The monoisotopic (exact) mass is 257 g/mol. The molecule has 1 aliphatic rings. The first-order valence-corrected chi connectivity index (χ1v) is 6.39. The summed E-state index contributed by atoms with van der Waals surface area (Å²) < 4.78 is 0. The molecule has 2 rings (SSSR count). The summed E-state index contributed by atoms with van der Waals surface area (Å²) >= 11 is 12.0. The summed E-state index contributed by atoms with van der Waals surface area (Å²) in [5.41, 5.74) is 1.61. The maximum absolute atomic E-state index is 6.08. The Morgan fingerprint density at radius 1 is 1.38 bits per heavy atom. The minimum atomic E-state index is 0.533. The van der Waals surface area contributed by atoms with Crippen LogP contribution in [-0.2, 0) is 6.54 Å². The van der Waals surface area contributed by atoms with Crippen molar-refractivity contribution in [2.75, 3.05) is 6.54 Å². The molecule has 0 heterocycles. The van der Waals surface area contributed by atoms with Gasteiger partial charge in [0.2, 0.25) is 0 Å². The van der Waals surface area contributed by atoms with E-state index in [2.05, 4.69) is 19.2 Å².